The van der Waals surface area contributed by atoms with Gasteiger partial charge in [-0.15, -0.1) is 0 Å². The monoisotopic (exact) mass is 509 g/mol. The van der Waals surface area contributed by atoms with Crippen LogP contribution in [0.1, 0.15) is 54.7 Å². The number of sulfonamides is 1. The third-order valence-corrected chi connectivity index (χ3v) is 7.52. The lowest BCUT2D eigenvalue weighted by Crippen LogP contribution is -2.28. The van der Waals surface area contributed by atoms with Crippen molar-refractivity contribution in [3.63, 3.8) is 0 Å². The Hall–Kier alpha value is -3.36. The molecule has 0 aliphatic carbocycles. The number of ether oxygens (including phenoxy) is 2. The average Bonchev–Trinajstić information content (AvgIpc) is 2.88. The molecular formula is C28H31NO6S. The Bertz CT molecular complexity index is 1470. The Morgan fingerprint density at radius 1 is 0.972 bits per heavy atom. The first-order valence-electron chi connectivity index (χ1n) is 11.7. The highest BCUT2D eigenvalue weighted by Gasteiger charge is 2.37. The molecule has 1 aliphatic rings. The van der Waals surface area contributed by atoms with Gasteiger partial charge in [-0.3, -0.25) is 4.72 Å². The maximum absolute atomic E-state index is 13.3. The number of aryl methyl sites for hydroxylation is 2. The smallest absolute Gasteiger partial charge is 0.337 e. The summed E-state index contributed by atoms with van der Waals surface area (Å²) in [5.74, 6) is -0.622. The van der Waals surface area contributed by atoms with Crippen LogP contribution in [-0.4, -0.2) is 25.1 Å². The fraction of sp³-hybridized carbons (Fsp3) is 0.321. The van der Waals surface area contributed by atoms with Gasteiger partial charge in [0.05, 0.1) is 11.3 Å². The van der Waals surface area contributed by atoms with E-state index in [0.29, 0.717) is 28.0 Å². The number of carbonyl (C=O) groups is 1. The highest BCUT2D eigenvalue weighted by atomic mass is 32.2. The van der Waals surface area contributed by atoms with E-state index in [1.54, 1.807) is 39.8 Å². The number of fused-ring (bicyclic) bond motifs is 2. The largest absolute Gasteiger partial charge is 0.479 e. The first kappa shape index (κ1) is 25.7. The van der Waals surface area contributed by atoms with Crippen molar-refractivity contribution in [3.8, 4) is 22.6 Å². The minimum absolute atomic E-state index is 0.0160. The van der Waals surface area contributed by atoms with Crippen molar-refractivity contribution < 1.29 is 27.8 Å². The van der Waals surface area contributed by atoms with Gasteiger partial charge in [0.25, 0.3) is 10.0 Å². The number of hydrogen-bond donors (Lipinski definition) is 2. The molecule has 1 heterocycles. The molecule has 36 heavy (non-hydrogen) atoms. The fourth-order valence-corrected chi connectivity index (χ4v) is 5.71. The van der Waals surface area contributed by atoms with Gasteiger partial charge in [0.15, 0.2) is 11.9 Å². The molecule has 0 saturated heterocycles. The average molecular weight is 510 g/mol. The highest BCUT2D eigenvalue weighted by molar-refractivity contribution is 7.92. The molecule has 3 aromatic rings. The summed E-state index contributed by atoms with van der Waals surface area (Å²) < 4.78 is 41.6. The number of nitrogens with one attached hydrogen (secondary N) is 1. The van der Waals surface area contributed by atoms with Gasteiger partial charge in [0, 0.05) is 11.1 Å². The summed E-state index contributed by atoms with van der Waals surface area (Å²) in [7, 11) is -3.99. The second kappa shape index (κ2) is 8.94. The van der Waals surface area contributed by atoms with Crippen LogP contribution in [0.25, 0.3) is 11.1 Å². The molecule has 190 valence electrons. The molecule has 2 N–H and O–H groups in total. The van der Waals surface area contributed by atoms with E-state index in [0.717, 1.165) is 16.7 Å². The lowest BCUT2D eigenvalue weighted by molar-refractivity contribution is -0.160. The van der Waals surface area contributed by atoms with E-state index in [2.05, 4.69) is 4.72 Å². The second-order valence-electron chi connectivity index (χ2n) is 10.2. The lowest BCUT2D eigenvalue weighted by Gasteiger charge is -2.30. The Labute approximate surface area is 212 Å². The standard InChI is InChI=1S/C28H31NO6S/c1-15-8-11-19(12-9-15)22-18(4)25-24(17(3)23(22)26(27(30)31)35-28(5,6)7)29-36(32,33)21-13-10-16(2)14-20(21)34-25/h8-14,26,29H,1-7H3,(H,30,31)/t26-/m0/s1. The van der Waals surface area contributed by atoms with Gasteiger partial charge in [-0.1, -0.05) is 35.9 Å². The third-order valence-electron chi connectivity index (χ3n) is 6.13. The van der Waals surface area contributed by atoms with Crippen molar-refractivity contribution >= 4 is 21.7 Å². The molecule has 0 fully saturated rings. The number of aliphatic carboxylic acids is 1. The first-order valence-corrected chi connectivity index (χ1v) is 13.1. The molecule has 3 aromatic carbocycles. The number of benzene rings is 3. The van der Waals surface area contributed by atoms with Gasteiger partial charge >= 0.3 is 5.97 Å². The molecule has 1 atom stereocenters. The van der Waals surface area contributed by atoms with Gasteiger partial charge < -0.3 is 14.6 Å². The van der Waals surface area contributed by atoms with Crippen LogP contribution >= 0.6 is 0 Å². The number of carboxylic acid groups (broad SMARTS) is 1. The molecule has 0 amide bonds. The fourth-order valence-electron chi connectivity index (χ4n) is 4.47. The first-order chi connectivity index (χ1) is 16.7. The SMILES string of the molecule is Cc1ccc(-c2c(C)c3c(c(C)c2[C@H](OC(C)(C)C)C(=O)O)NS(=O)(=O)c2ccc(C)cc2O3)cc1. The lowest BCUT2D eigenvalue weighted by atomic mass is 9.86. The van der Waals surface area contributed by atoms with Gasteiger partial charge in [0.1, 0.15) is 10.6 Å². The molecule has 7 nitrogen and oxygen atoms in total. The quantitative estimate of drug-likeness (QED) is 0.420. The van der Waals surface area contributed by atoms with E-state index in [-0.39, 0.29) is 16.3 Å². The number of carboxylic acids is 1. The van der Waals surface area contributed by atoms with E-state index in [4.69, 9.17) is 9.47 Å². The van der Waals surface area contributed by atoms with Crippen molar-refractivity contribution in [2.45, 2.75) is 65.1 Å². The van der Waals surface area contributed by atoms with Crippen LogP contribution in [0.3, 0.4) is 0 Å². The summed E-state index contributed by atoms with van der Waals surface area (Å²) in [5.41, 5.74) is 4.17. The topological polar surface area (TPSA) is 102 Å². The molecule has 8 heteroatoms. The van der Waals surface area contributed by atoms with E-state index in [1.165, 1.54) is 6.07 Å². The number of anilines is 1. The van der Waals surface area contributed by atoms with Crippen LogP contribution in [0.4, 0.5) is 5.69 Å². The summed E-state index contributed by atoms with van der Waals surface area (Å²) in [6, 6.07) is 12.6. The van der Waals surface area contributed by atoms with Gasteiger partial charge in [-0.2, -0.15) is 0 Å². The predicted octanol–water partition coefficient (Wildman–Crippen LogP) is 6.43. The van der Waals surface area contributed by atoms with E-state index < -0.39 is 27.7 Å². The Kier molecular flexibility index (Phi) is 6.39. The van der Waals surface area contributed by atoms with Crippen LogP contribution in [0.5, 0.6) is 11.5 Å². The van der Waals surface area contributed by atoms with Crippen molar-refractivity contribution in [2.24, 2.45) is 0 Å². The second-order valence-corrected chi connectivity index (χ2v) is 11.9. The van der Waals surface area contributed by atoms with E-state index in [1.807, 2.05) is 45.0 Å². The van der Waals surface area contributed by atoms with Gasteiger partial charge in [-0.25, -0.2) is 13.2 Å². The van der Waals surface area contributed by atoms with E-state index in [9.17, 15) is 18.3 Å². The van der Waals surface area contributed by atoms with Gasteiger partial charge in [0.2, 0.25) is 0 Å². The zero-order valence-electron chi connectivity index (χ0n) is 21.5. The Morgan fingerprint density at radius 3 is 2.17 bits per heavy atom. The zero-order chi connectivity index (χ0) is 26.6. The Morgan fingerprint density at radius 2 is 1.58 bits per heavy atom. The van der Waals surface area contributed by atoms with Crippen molar-refractivity contribution in [2.75, 3.05) is 4.72 Å². The summed E-state index contributed by atoms with van der Waals surface area (Å²) >= 11 is 0. The minimum Gasteiger partial charge on any atom is -0.479 e. The summed E-state index contributed by atoms with van der Waals surface area (Å²) in [6.45, 7) is 12.7. The van der Waals surface area contributed by atoms with Crippen molar-refractivity contribution in [1.29, 1.82) is 0 Å². The summed E-state index contributed by atoms with van der Waals surface area (Å²) in [4.78, 5) is 12.6. The van der Waals surface area contributed by atoms with Crippen LogP contribution < -0.4 is 9.46 Å². The molecule has 0 spiro atoms. The molecule has 0 saturated carbocycles. The van der Waals surface area contributed by atoms with Gasteiger partial charge in [-0.05, 0) is 82.9 Å². The molecule has 0 bridgehead atoms. The maximum Gasteiger partial charge on any atom is 0.337 e. The van der Waals surface area contributed by atoms with Crippen LogP contribution in [0, 0.1) is 27.7 Å². The zero-order valence-corrected chi connectivity index (χ0v) is 22.3. The highest BCUT2D eigenvalue weighted by Crippen LogP contribution is 2.50. The predicted molar refractivity (Wildman–Crippen MR) is 139 cm³/mol. The van der Waals surface area contributed by atoms with Crippen LogP contribution in [0.15, 0.2) is 47.4 Å². The van der Waals surface area contributed by atoms with Crippen molar-refractivity contribution in [3.05, 3.63) is 70.3 Å². The maximum atomic E-state index is 13.3. The number of rotatable bonds is 4. The third kappa shape index (κ3) is 4.70. The molecular weight excluding hydrogens is 478 g/mol. The van der Waals surface area contributed by atoms with E-state index >= 15 is 0 Å². The molecule has 0 radical (unpaired) electrons. The van der Waals surface area contributed by atoms with Crippen molar-refractivity contribution in [1.82, 2.24) is 0 Å². The normalized spacial score (nSPS) is 15.1. The Balaban J connectivity index is 2.11. The summed E-state index contributed by atoms with van der Waals surface area (Å²) in [6.07, 6.45) is -1.34. The van der Waals surface area contributed by atoms with Crippen LogP contribution in [0.2, 0.25) is 0 Å². The minimum atomic E-state index is -3.99. The molecule has 0 unspecified atom stereocenters. The molecule has 4 rings (SSSR count). The van der Waals surface area contributed by atoms with Crippen LogP contribution in [-0.2, 0) is 19.6 Å². The molecule has 0 aromatic heterocycles. The number of hydrogen-bond acceptors (Lipinski definition) is 5. The molecule has 1 aliphatic heterocycles. The summed E-state index contributed by atoms with van der Waals surface area (Å²) in [5, 5.41) is 10.3.